The molecule has 0 spiro atoms. The first-order chi connectivity index (χ1) is 7.36. The number of halogens is 1. The van der Waals surface area contributed by atoms with Crippen LogP contribution in [0.25, 0.3) is 0 Å². The number of aliphatic carboxylic acids is 1. The van der Waals surface area contributed by atoms with E-state index in [1.165, 1.54) is 25.1 Å². The minimum atomic E-state index is -1.27. The van der Waals surface area contributed by atoms with Gasteiger partial charge in [-0.15, -0.1) is 0 Å². The van der Waals surface area contributed by atoms with Crippen LogP contribution in [0.2, 0.25) is 0 Å². The first kappa shape index (κ1) is 12.6. The van der Waals surface area contributed by atoms with Crippen LogP contribution < -0.4 is 5.32 Å². The van der Waals surface area contributed by atoms with E-state index in [9.17, 15) is 14.3 Å². The summed E-state index contributed by atoms with van der Waals surface area (Å²) in [4.78, 5) is 11.3. The summed E-state index contributed by atoms with van der Waals surface area (Å²) >= 11 is 0. The molecule has 1 rings (SSSR count). The maximum Gasteiger partial charge on any atom is 0.328 e. The molecule has 0 bridgehead atoms. The summed E-state index contributed by atoms with van der Waals surface area (Å²) in [5.74, 6) is -1.46. The number of hydrogen-bond acceptors (Lipinski definition) is 2. The van der Waals surface area contributed by atoms with E-state index in [1.807, 2.05) is 13.8 Å². The van der Waals surface area contributed by atoms with E-state index in [0.717, 1.165) is 0 Å². The molecule has 0 radical (unpaired) electrons. The molecule has 0 saturated heterocycles. The van der Waals surface area contributed by atoms with Gasteiger partial charge in [0.05, 0.1) is 0 Å². The number of rotatable bonds is 4. The Balaban J connectivity index is 3.16. The molecule has 1 atom stereocenters. The Morgan fingerprint density at radius 2 is 2.12 bits per heavy atom. The van der Waals surface area contributed by atoms with Crippen LogP contribution in [0.3, 0.4) is 0 Å². The van der Waals surface area contributed by atoms with E-state index >= 15 is 0 Å². The second kappa shape index (κ2) is 4.61. The largest absolute Gasteiger partial charge is 0.480 e. The summed E-state index contributed by atoms with van der Waals surface area (Å²) in [6.07, 6.45) is 0. The molecule has 2 N–H and O–H groups in total. The molecular formula is C12H16FNO2. The fourth-order valence-electron chi connectivity index (χ4n) is 1.65. The highest BCUT2D eigenvalue weighted by Crippen LogP contribution is 2.22. The zero-order valence-corrected chi connectivity index (χ0v) is 9.62. The molecule has 0 saturated carbocycles. The van der Waals surface area contributed by atoms with Crippen molar-refractivity contribution in [1.29, 1.82) is 0 Å². The van der Waals surface area contributed by atoms with Crippen LogP contribution in [-0.4, -0.2) is 17.1 Å². The van der Waals surface area contributed by atoms with E-state index in [-0.39, 0.29) is 6.04 Å². The van der Waals surface area contributed by atoms with Crippen LogP contribution in [0, 0.1) is 5.82 Å². The summed E-state index contributed by atoms with van der Waals surface area (Å²) in [6, 6.07) is 5.63. The average molecular weight is 225 g/mol. The standard InChI is InChI=1S/C12H16FNO2/c1-8(2)14-12(3,11(15)16)9-5-4-6-10(13)7-9/h4-8,14H,1-3H3,(H,15,16). The van der Waals surface area contributed by atoms with E-state index in [0.29, 0.717) is 5.56 Å². The van der Waals surface area contributed by atoms with E-state index in [1.54, 1.807) is 6.07 Å². The Morgan fingerprint density at radius 3 is 2.56 bits per heavy atom. The summed E-state index contributed by atoms with van der Waals surface area (Å²) in [6.45, 7) is 5.23. The Hall–Kier alpha value is -1.42. The van der Waals surface area contributed by atoms with Crippen molar-refractivity contribution in [2.45, 2.75) is 32.4 Å². The Bertz CT molecular complexity index is 392. The molecule has 0 aromatic heterocycles. The van der Waals surface area contributed by atoms with Crippen molar-refractivity contribution in [2.24, 2.45) is 0 Å². The number of nitrogens with one attached hydrogen (secondary N) is 1. The highest BCUT2D eigenvalue weighted by atomic mass is 19.1. The molecule has 4 heteroatoms. The van der Waals surface area contributed by atoms with E-state index < -0.39 is 17.3 Å². The van der Waals surface area contributed by atoms with Crippen LogP contribution in [0.1, 0.15) is 26.3 Å². The Morgan fingerprint density at radius 1 is 1.50 bits per heavy atom. The van der Waals surface area contributed by atoms with E-state index in [2.05, 4.69) is 5.32 Å². The summed E-state index contributed by atoms with van der Waals surface area (Å²) < 4.78 is 13.1. The normalized spacial score (nSPS) is 14.8. The van der Waals surface area contributed by atoms with Crippen LogP contribution in [0.4, 0.5) is 4.39 Å². The molecule has 0 fully saturated rings. The second-order valence-corrected chi connectivity index (χ2v) is 4.24. The third-order valence-electron chi connectivity index (χ3n) is 2.41. The van der Waals surface area contributed by atoms with Crippen molar-refractivity contribution in [1.82, 2.24) is 5.32 Å². The second-order valence-electron chi connectivity index (χ2n) is 4.24. The third-order valence-corrected chi connectivity index (χ3v) is 2.41. The van der Waals surface area contributed by atoms with Gasteiger partial charge >= 0.3 is 5.97 Å². The van der Waals surface area contributed by atoms with Crippen molar-refractivity contribution in [3.63, 3.8) is 0 Å². The first-order valence-electron chi connectivity index (χ1n) is 5.13. The molecular weight excluding hydrogens is 209 g/mol. The third kappa shape index (κ3) is 2.58. The summed E-state index contributed by atoms with van der Waals surface area (Å²) in [5, 5.41) is 12.2. The fourth-order valence-corrected chi connectivity index (χ4v) is 1.65. The molecule has 0 aliphatic carbocycles. The number of carboxylic acids is 1. The molecule has 1 aromatic rings. The summed E-state index contributed by atoms with van der Waals surface area (Å²) in [7, 11) is 0. The van der Waals surface area contributed by atoms with Gasteiger partial charge in [0.25, 0.3) is 0 Å². The minimum Gasteiger partial charge on any atom is -0.480 e. The zero-order chi connectivity index (χ0) is 12.3. The smallest absolute Gasteiger partial charge is 0.328 e. The van der Waals surface area contributed by atoms with Crippen molar-refractivity contribution < 1.29 is 14.3 Å². The molecule has 88 valence electrons. The van der Waals surface area contributed by atoms with Gasteiger partial charge < -0.3 is 5.11 Å². The lowest BCUT2D eigenvalue weighted by atomic mass is 9.91. The molecule has 0 aliphatic rings. The van der Waals surface area contributed by atoms with Gasteiger partial charge in [-0.3, -0.25) is 5.32 Å². The highest BCUT2D eigenvalue weighted by molar-refractivity contribution is 5.80. The van der Waals surface area contributed by atoms with Crippen molar-refractivity contribution in [3.05, 3.63) is 35.6 Å². The molecule has 16 heavy (non-hydrogen) atoms. The number of carbonyl (C=O) groups is 1. The van der Waals surface area contributed by atoms with Crippen LogP contribution in [0.5, 0.6) is 0 Å². The van der Waals surface area contributed by atoms with Crippen LogP contribution >= 0.6 is 0 Å². The number of carboxylic acid groups (broad SMARTS) is 1. The van der Waals surface area contributed by atoms with Crippen molar-refractivity contribution in [3.8, 4) is 0 Å². The lowest BCUT2D eigenvalue weighted by Crippen LogP contribution is -2.49. The number of benzene rings is 1. The molecule has 3 nitrogen and oxygen atoms in total. The van der Waals surface area contributed by atoms with Crippen molar-refractivity contribution in [2.75, 3.05) is 0 Å². The van der Waals surface area contributed by atoms with Crippen LogP contribution in [-0.2, 0) is 10.3 Å². The highest BCUT2D eigenvalue weighted by Gasteiger charge is 2.35. The fraction of sp³-hybridized carbons (Fsp3) is 0.417. The van der Waals surface area contributed by atoms with Gasteiger partial charge in [0.2, 0.25) is 0 Å². The van der Waals surface area contributed by atoms with Gasteiger partial charge in [0.15, 0.2) is 0 Å². The Labute approximate surface area is 94.3 Å². The zero-order valence-electron chi connectivity index (χ0n) is 9.62. The predicted octanol–water partition coefficient (Wildman–Crippen LogP) is 2.12. The SMILES string of the molecule is CC(C)NC(C)(C(=O)O)c1cccc(F)c1. The van der Waals surface area contributed by atoms with Gasteiger partial charge in [-0.1, -0.05) is 12.1 Å². The van der Waals surface area contributed by atoms with Gasteiger partial charge in [0.1, 0.15) is 11.4 Å². The molecule has 1 aromatic carbocycles. The lowest BCUT2D eigenvalue weighted by Gasteiger charge is -2.29. The maximum absolute atomic E-state index is 13.1. The average Bonchev–Trinajstić information content (AvgIpc) is 2.16. The predicted molar refractivity (Wildman–Crippen MR) is 59.7 cm³/mol. The minimum absolute atomic E-state index is 0.00985. The molecule has 0 aliphatic heterocycles. The van der Waals surface area contributed by atoms with Gasteiger partial charge in [-0.25, -0.2) is 9.18 Å². The van der Waals surface area contributed by atoms with Crippen molar-refractivity contribution >= 4 is 5.97 Å². The maximum atomic E-state index is 13.1. The lowest BCUT2D eigenvalue weighted by molar-refractivity contribution is -0.144. The van der Waals surface area contributed by atoms with Gasteiger partial charge in [-0.05, 0) is 38.5 Å². The molecule has 0 amide bonds. The number of hydrogen-bond donors (Lipinski definition) is 2. The quantitative estimate of drug-likeness (QED) is 0.825. The summed E-state index contributed by atoms with van der Waals surface area (Å²) in [5.41, 5.74) is -0.857. The first-order valence-corrected chi connectivity index (χ1v) is 5.13. The molecule has 1 unspecified atom stereocenters. The Kier molecular flexibility index (Phi) is 3.65. The topological polar surface area (TPSA) is 49.3 Å². The van der Waals surface area contributed by atoms with Crippen LogP contribution in [0.15, 0.2) is 24.3 Å². The molecule has 0 heterocycles. The van der Waals surface area contributed by atoms with E-state index in [4.69, 9.17) is 0 Å². The van der Waals surface area contributed by atoms with Gasteiger partial charge in [-0.2, -0.15) is 0 Å². The van der Waals surface area contributed by atoms with Gasteiger partial charge in [0, 0.05) is 6.04 Å². The monoisotopic (exact) mass is 225 g/mol.